The van der Waals surface area contributed by atoms with Crippen molar-refractivity contribution >= 4 is 23.7 Å². The fraction of sp³-hybridized carbons (Fsp3) is 0.176. The summed E-state index contributed by atoms with van der Waals surface area (Å²) in [7, 11) is 0. The van der Waals surface area contributed by atoms with E-state index >= 15 is 0 Å². The van der Waals surface area contributed by atoms with Gasteiger partial charge in [0.1, 0.15) is 0 Å². The van der Waals surface area contributed by atoms with E-state index in [4.69, 9.17) is 10.5 Å². The lowest BCUT2D eigenvalue weighted by Gasteiger charge is -2.09. The zero-order valence-corrected chi connectivity index (χ0v) is 13.9. The van der Waals surface area contributed by atoms with E-state index in [2.05, 4.69) is 25.7 Å². The smallest absolute Gasteiger partial charge is 0.229 e. The predicted molar refractivity (Wildman–Crippen MR) is 96.2 cm³/mol. The van der Waals surface area contributed by atoms with Gasteiger partial charge < -0.3 is 21.1 Å². The van der Waals surface area contributed by atoms with Crippen molar-refractivity contribution < 1.29 is 9.50 Å². The second kappa shape index (κ2) is 8.17. The number of halogens is 1. The zero-order valence-electron chi connectivity index (χ0n) is 13.9. The third-order valence-electron chi connectivity index (χ3n) is 3.54. The molecule has 2 aromatic heterocycles. The van der Waals surface area contributed by atoms with Gasteiger partial charge in [0.2, 0.25) is 5.95 Å². The number of benzene rings is 1. The molecule has 4 N–H and O–H groups in total. The van der Waals surface area contributed by atoms with E-state index in [9.17, 15) is 4.39 Å². The number of anilines is 3. The second-order valence-corrected chi connectivity index (χ2v) is 5.47. The van der Waals surface area contributed by atoms with Crippen LogP contribution in [0.1, 0.15) is 11.1 Å². The van der Waals surface area contributed by atoms with Crippen LogP contribution in [0, 0.1) is 11.2 Å². The number of nitrogens with zero attached hydrogens (tertiary/aromatic N) is 4. The average molecular weight is 355 g/mol. The normalized spacial score (nSPS) is 10.5. The number of hydrogen-bond donors (Lipinski definition) is 4. The van der Waals surface area contributed by atoms with E-state index in [1.54, 1.807) is 17.1 Å². The largest absolute Gasteiger partial charge is 0.394 e. The van der Waals surface area contributed by atoms with Crippen molar-refractivity contribution in [1.82, 2.24) is 19.7 Å². The number of aromatic nitrogens is 4. The van der Waals surface area contributed by atoms with Gasteiger partial charge in [0, 0.05) is 19.0 Å². The van der Waals surface area contributed by atoms with Crippen LogP contribution in [0.3, 0.4) is 0 Å². The number of aliphatic hydroxyl groups excluding tert-OH is 1. The summed E-state index contributed by atoms with van der Waals surface area (Å²) in [5.74, 6) is -0.258. The summed E-state index contributed by atoms with van der Waals surface area (Å²) in [4.78, 5) is 8.06. The van der Waals surface area contributed by atoms with Gasteiger partial charge in [0.05, 0.1) is 31.2 Å². The fourth-order valence-electron chi connectivity index (χ4n) is 2.31. The highest BCUT2D eigenvalue weighted by atomic mass is 19.1. The summed E-state index contributed by atoms with van der Waals surface area (Å²) in [6.07, 6.45) is 5.61. The molecule has 3 aromatic rings. The standard InChI is InChI=1S/C17H18FN7O/c18-15-10-21-17(23-14-9-22-25(11-14)4-5-26)24-16(15)20-8-13-3-1-2-12(6-13)7-19/h1-3,6-7,9-11,19,26H,4-5,8H2,(H2,20,21,23,24). The minimum atomic E-state index is -0.560. The zero-order chi connectivity index (χ0) is 18.4. The molecule has 0 amide bonds. The molecule has 0 atom stereocenters. The van der Waals surface area contributed by atoms with Crippen LogP contribution < -0.4 is 10.6 Å². The Labute approximate surface area is 149 Å². The molecule has 3 rings (SSSR count). The van der Waals surface area contributed by atoms with Gasteiger partial charge in [-0.1, -0.05) is 18.2 Å². The van der Waals surface area contributed by atoms with E-state index in [1.807, 2.05) is 24.3 Å². The third kappa shape index (κ3) is 4.39. The Morgan fingerprint density at radius 2 is 2.19 bits per heavy atom. The predicted octanol–water partition coefficient (Wildman–Crippen LogP) is 2.16. The molecule has 0 aliphatic carbocycles. The first-order chi connectivity index (χ1) is 12.7. The summed E-state index contributed by atoms with van der Waals surface area (Å²) in [6, 6.07) is 7.38. The molecule has 0 aliphatic heterocycles. The van der Waals surface area contributed by atoms with E-state index in [0.717, 1.165) is 17.3 Å². The highest BCUT2D eigenvalue weighted by Crippen LogP contribution is 2.17. The van der Waals surface area contributed by atoms with Crippen molar-refractivity contribution in [3.05, 3.63) is 59.8 Å². The van der Waals surface area contributed by atoms with E-state index < -0.39 is 5.82 Å². The van der Waals surface area contributed by atoms with Gasteiger partial charge >= 0.3 is 0 Å². The first-order valence-electron chi connectivity index (χ1n) is 7.94. The van der Waals surface area contributed by atoms with E-state index in [-0.39, 0.29) is 18.4 Å². The average Bonchev–Trinajstić information content (AvgIpc) is 3.09. The van der Waals surface area contributed by atoms with E-state index in [0.29, 0.717) is 18.8 Å². The van der Waals surface area contributed by atoms with Crippen LogP contribution in [0.4, 0.5) is 21.8 Å². The Kier molecular flexibility index (Phi) is 5.49. The first kappa shape index (κ1) is 17.5. The number of nitrogens with one attached hydrogen (secondary N) is 3. The lowest BCUT2D eigenvalue weighted by atomic mass is 10.1. The maximum Gasteiger partial charge on any atom is 0.229 e. The van der Waals surface area contributed by atoms with Crippen LogP contribution >= 0.6 is 0 Å². The monoisotopic (exact) mass is 355 g/mol. The summed E-state index contributed by atoms with van der Waals surface area (Å²) in [5.41, 5.74) is 2.31. The fourth-order valence-corrected chi connectivity index (χ4v) is 2.31. The topological polar surface area (TPSA) is 112 Å². The summed E-state index contributed by atoms with van der Waals surface area (Å²) < 4.78 is 15.5. The van der Waals surface area contributed by atoms with Gasteiger partial charge in [-0.05, 0) is 17.2 Å². The molecule has 0 saturated heterocycles. The molecule has 26 heavy (non-hydrogen) atoms. The lowest BCUT2D eigenvalue weighted by molar-refractivity contribution is 0.269. The molecule has 9 heteroatoms. The van der Waals surface area contributed by atoms with Crippen molar-refractivity contribution in [3.63, 3.8) is 0 Å². The van der Waals surface area contributed by atoms with Crippen LogP contribution in [-0.2, 0) is 13.1 Å². The van der Waals surface area contributed by atoms with Crippen LogP contribution in [0.2, 0.25) is 0 Å². The Morgan fingerprint density at radius 3 is 3.00 bits per heavy atom. The van der Waals surface area contributed by atoms with Crippen molar-refractivity contribution in [3.8, 4) is 0 Å². The van der Waals surface area contributed by atoms with Crippen LogP contribution in [0.5, 0.6) is 0 Å². The van der Waals surface area contributed by atoms with Crippen LogP contribution in [0.15, 0.2) is 42.9 Å². The highest BCUT2D eigenvalue weighted by molar-refractivity contribution is 5.77. The second-order valence-electron chi connectivity index (χ2n) is 5.47. The molecule has 8 nitrogen and oxygen atoms in total. The molecule has 0 radical (unpaired) electrons. The van der Waals surface area contributed by atoms with E-state index in [1.165, 1.54) is 6.21 Å². The minimum Gasteiger partial charge on any atom is -0.394 e. The molecule has 2 heterocycles. The number of aliphatic hydroxyl groups is 1. The summed E-state index contributed by atoms with van der Waals surface area (Å²) in [5, 5.41) is 26.1. The SMILES string of the molecule is N=Cc1cccc(CNc2nc(Nc3cnn(CCO)c3)ncc2F)c1. The Morgan fingerprint density at radius 1 is 1.31 bits per heavy atom. The molecular formula is C17H18FN7O. The molecule has 0 spiro atoms. The van der Waals surface area contributed by atoms with Crippen LogP contribution in [0.25, 0.3) is 0 Å². The molecule has 1 aromatic carbocycles. The molecule has 0 fully saturated rings. The van der Waals surface area contributed by atoms with Crippen LogP contribution in [-0.4, -0.2) is 37.7 Å². The van der Waals surface area contributed by atoms with Gasteiger partial charge in [-0.15, -0.1) is 0 Å². The Balaban J connectivity index is 1.69. The first-order valence-corrected chi connectivity index (χ1v) is 7.94. The van der Waals surface area contributed by atoms with Crippen molar-refractivity contribution in [1.29, 1.82) is 5.41 Å². The molecular weight excluding hydrogens is 337 g/mol. The number of hydrogen-bond acceptors (Lipinski definition) is 7. The maximum absolute atomic E-state index is 14.0. The summed E-state index contributed by atoms with van der Waals surface area (Å²) >= 11 is 0. The quantitative estimate of drug-likeness (QED) is 0.461. The maximum atomic E-state index is 14.0. The van der Waals surface area contributed by atoms with Crippen molar-refractivity contribution in [2.75, 3.05) is 17.2 Å². The molecule has 0 unspecified atom stereocenters. The molecule has 0 saturated carbocycles. The van der Waals surface area contributed by atoms with Gasteiger partial charge in [-0.2, -0.15) is 10.1 Å². The highest BCUT2D eigenvalue weighted by Gasteiger charge is 2.08. The van der Waals surface area contributed by atoms with Gasteiger partial charge in [-0.25, -0.2) is 9.37 Å². The van der Waals surface area contributed by atoms with Gasteiger partial charge in [-0.3, -0.25) is 4.68 Å². The van der Waals surface area contributed by atoms with Gasteiger partial charge in [0.15, 0.2) is 11.6 Å². The number of rotatable bonds is 8. The van der Waals surface area contributed by atoms with Gasteiger partial charge in [0.25, 0.3) is 0 Å². The lowest BCUT2D eigenvalue weighted by Crippen LogP contribution is -2.07. The minimum absolute atomic E-state index is 0.0125. The Bertz CT molecular complexity index is 896. The molecule has 134 valence electrons. The van der Waals surface area contributed by atoms with Crippen molar-refractivity contribution in [2.24, 2.45) is 0 Å². The Hall–Kier alpha value is -3.33. The van der Waals surface area contributed by atoms with Crippen molar-refractivity contribution in [2.45, 2.75) is 13.1 Å². The summed E-state index contributed by atoms with van der Waals surface area (Å²) in [6.45, 7) is 0.735. The molecule has 0 bridgehead atoms. The third-order valence-corrected chi connectivity index (χ3v) is 3.54. The molecule has 0 aliphatic rings.